The van der Waals surface area contributed by atoms with Crippen LogP contribution in [0.15, 0.2) is 0 Å². The normalized spacial score (nSPS) is 11.4. The van der Waals surface area contributed by atoms with Crippen LogP contribution in [0, 0.1) is 12.3 Å². The van der Waals surface area contributed by atoms with Gasteiger partial charge < -0.3 is 0 Å². The summed E-state index contributed by atoms with van der Waals surface area (Å²) in [6.45, 7) is 8.15. The van der Waals surface area contributed by atoms with E-state index in [1.165, 1.54) is 0 Å². The lowest BCUT2D eigenvalue weighted by atomic mass is 9.88. The van der Waals surface area contributed by atoms with Gasteiger partial charge in [-0.2, -0.15) is 0 Å². The number of thiocarbonyl (C=S) groups is 1. The molecule has 0 aliphatic rings. The zero-order valence-electron chi connectivity index (χ0n) is 5.61. The maximum Gasteiger partial charge on any atom is -0.0194 e. The number of rotatable bonds is 3. The molecule has 0 bridgehead atoms. The molecule has 0 aromatic heterocycles. The highest BCUT2D eigenvalue weighted by Crippen LogP contribution is 2.22. The van der Waals surface area contributed by atoms with Crippen molar-refractivity contribution in [3.8, 4) is 0 Å². The molecule has 0 heterocycles. The van der Waals surface area contributed by atoms with E-state index < -0.39 is 0 Å². The van der Waals surface area contributed by atoms with Gasteiger partial charge in [-0.1, -0.05) is 33.0 Å². The smallest absolute Gasteiger partial charge is 0.0194 e. The molecule has 0 amide bonds. The van der Waals surface area contributed by atoms with Crippen molar-refractivity contribution in [3.63, 3.8) is 0 Å². The van der Waals surface area contributed by atoms with Gasteiger partial charge >= 0.3 is 0 Å². The second-order valence-corrected chi connectivity index (χ2v) is 3.12. The minimum Gasteiger partial charge on any atom is -0.0935 e. The summed E-state index contributed by atoms with van der Waals surface area (Å²) in [5, 5.41) is 1.78. The molecule has 1 heteroatoms. The summed E-state index contributed by atoms with van der Waals surface area (Å²) in [5.41, 5.74) is 0.321. The Bertz CT molecular complexity index is 74.5. The first-order valence-electron chi connectivity index (χ1n) is 2.85. The average Bonchev–Trinajstić information content (AvgIpc) is 1.67. The van der Waals surface area contributed by atoms with E-state index in [1.54, 1.807) is 5.37 Å². The molecule has 0 saturated heterocycles. The van der Waals surface area contributed by atoms with Gasteiger partial charge in [0.15, 0.2) is 0 Å². The van der Waals surface area contributed by atoms with Crippen LogP contribution in [0.5, 0.6) is 0 Å². The lowest BCUT2D eigenvalue weighted by Gasteiger charge is -2.18. The van der Waals surface area contributed by atoms with Crippen LogP contribution in [0.4, 0.5) is 0 Å². The fourth-order valence-electron chi connectivity index (χ4n) is 0.328. The van der Waals surface area contributed by atoms with E-state index in [4.69, 9.17) is 12.2 Å². The molecule has 0 aromatic carbocycles. The molecule has 0 atom stereocenters. The Hall–Kier alpha value is 0.0900. The third kappa shape index (κ3) is 3.14. The molecule has 0 spiro atoms. The highest BCUT2D eigenvalue weighted by atomic mass is 32.1. The molecular formula is C7H13S. The Morgan fingerprint density at radius 1 is 1.62 bits per heavy atom. The van der Waals surface area contributed by atoms with Gasteiger partial charge in [0.05, 0.1) is 0 Å². The van der Waals surface area contributed by atoms with E-state index in [2.05, 4.69) is 20.8 Å². The summed E-state index contributed by atoms with van der Waals surface area (Å²) >= 11 is 4.71. The van der Waals surface area contributed by atoms with Crippen LogP contribution in [-0.2, 0) is 0 Å². The first-order chi connectivity index (χ1) is 3.62. The summed E-state index contributed by atoms with van der Waals surface area (Å²) in [7, 11) is 0. The van der Waals surface area contributed by atoms with E-state index in [1.807, 2.05) is 0 Å². The topological polar surface area (TPSA) is 0 Å². The molecule has 0 rings (SSSR count). The molecule has 8 heavy (non-hydrogen) atoms. The van der Waals surface area contributed by atoms with Crippen LogP contribution in [0.25, 0.3) is 0 Å². The molecule has 0 nitrogen and oxygen atoms in total. The molecule has 1 radical (unpaired) electrons. The largest absolute Gasteiger partial charge is 0.0935 e. The Kier molecular flexibility index (Phi) is 3.22. The standard InChI is InChI=1S/C7H13S/c1-4-7(2,3)5-6-8/h6H,1,4-5H2,2-3H3. The third-order valence-electron chi connectivity index (χ3n) is 1.31. The molecule has 0 aliphatic heterocycles. The van der Waals surface area contributed by atoms with Gasteiger partial charge in [-0.15, -0.1) is 0 Å². The second kappa shape index (κ2) is 3.18. The highest BCUT2D eigenvalue weighted by molar-refractivity contribution is 7.78. The maximum atomic E-state index is 4.71. The van der Waals surface area contributed by atoms with Crippen LogP contribution in [0.3, 0.4) is 0 Å². The Morgan fingerprint density at radius 2 is 2.12 bits per heavy atom. The zero-order chi connectivity index (χ0) is 6.62. The molecule has 47 valence electrons. The van der Waals surface area contributed by atoms with Crippen molar-refractivity contribution in [1.29, 1.82) is 0 Å². The van der Waals surface area contributed by atoms with Gasteiger partial charge in [-0.05, 0) is 23.6 Å². The van der Waals surface area contributed by atoms with E-state index in [9.17, 15) is 0 Å². The molecular weight excluding hydrogens is 116 g/mol. The lowest BCUT2D eigenvalue weighted by Crippen LogP contribution is -2.08. The summed E-state index contributed by atoms with van der Waals surface area (Å²) in [4.78, 5) is 0. The molecule has 0 aliphatic carbocycles. The van der Waals surface area contributed by atoms with Crippen LogP contribution in [0.2, 0.25) is 0 Å². The maximum absolute atomic E-state index is 4.71. The van der Waals surface area contributed by atoms with Crippen molar-refractivity contribution in [3.05, 3.63) is 6.92 Å². The predicted molar refractivity (Wildman–Crippen MR) is 42.0 cm³/mol. The quantitative estimate of drug-likeness (QED) is 0.528. The van der Waals surface area contributed by atoms with Gasteiger partial charge in [0, 0.05) is 0 Å². The van der Waals surface area contributed by atoms with Crippen LogP contribution >= 0.6 is 12.2 Å². The number of hydrogen-bond donors (Lipinski definition) is 0. The Balaban J connectivity index is 3.53. The van der Waals surface area contributed by atoms with Crippen molar-refractivity contribution >= 4 is 17.6 Å². The Morgan fingerprint density at radius 3 is 2.25 bits per heavy atom. The Labute approximate surface area is 57.3 Å². The van der Waals surface area contributed by atoms with E-state index >= 15 is 0 Å². The third-order valence-corrected chi connectivity index (χ3v) is 1.48. The molecule has 0 unspecified atom stereocenters. The summed E-state index contributed by atoms with van der Waals surface area (Å²) in [5.74, 6) is 0. The predicted octanol–water partition coefficient (Wildman–Crippen LogP) is 2.63. The van der Waals surface area contributed by atoms with Crippen molar-refractivity contribution in [2.24, 2.45) is 5.41 Å². The summed E-state index contributed by atoms with van der Waals surface area (Å²) in [6, 6.07) is 0. The molecule has 0 aromatic rings. The fourth-order valence-corrected chi connectivity index (χ4v) is 0.779. The summed E-state index contributed by atoms with van der Waals surface area (Å²) < 4.78 is 0. The first-order valence-corrected chi connectivity index (χ1v) is 3.32. The van der Waals surface area contributed by atoms with Crippen molar-refractivity contribution in [1.82, 2.24) is 0 Å². The van der Waals surface area contributed by atoms with Crippen LogP contribution < -0.4 is 0 Å². The van der Waals surface area contributed by atoms with Crippen LogP contribution in [0.1, 0.15) is 26.7 Å². The highest BCUT2D eigenvalue weighted by Gasteiger charge is 2.11. The minimum atomic E-state index is 0.321. The lowest BCUT2D eigenvalue weighted by molar-refractivity contribution is 0.392. The zero-order valence-corrected chi connectivity index (χ0v) is 6.42. The van der Waals surface area contributed by atoms with E-state index in [0.29, 0.717) is 5.41 Å². The van der Waals surface area contributed by atoms with Gasteiger partial charge in [-0.25, -0.2) is 0 Å². The van der Waals surface area contributed by atoms with Crippen molar-refractivity contribution in [2.75, 3.05) is 0 Å². The molecule has 0 saturated carbocycles. The van der Waals surface area contributed by atoms with Gasteiger partial charge in [-0.3, -0.25) is 0 Å². The van der Waals surface area contributed by atoms with E-state index in [-0.39, 0.29) is 0 Å². The monoisotopic (exact) mass is 129 g/mol. The first kappa shape index (κ1) is 8.09. The molecule has 0 fully saturated rings. The van der Waals surface area contributed by atoms with Gasteiger partial charge in [0.2, 0.25) is 0 Å². The van der Waals surface area contributed by atoms with Crippen molar-refractivity contribution < 1.29 is 0 Å². The SMILES string of the molecule is [CH2]CC(C)(C)CC=S. The average molecular weight is 129 g/mol. The second-order valence-electron chi connectivity index (χ2n) is 2.79. The minimum absolute atomic E-state index is 0.321. The van der Waals surface area contributed by atoms with Crippen molar-refractivity contribution in [2.45, 2.75) is 26.7 Å². The number of hydrogen-bond acceptors (Lipinski definition) is 1. The fraction of sp³-hybridized carbons (Fsp3) is 0.714. The van der Waals surface area contributed by atoms with Crippen LogP contribution in [-0.4, -0.2) is 5.37 Å². The van der Waals surface area contributed by atoms with Gasteiger partial charge in [0.25, 0.3) is 0 Å². The molecule has 0 N–H and O–H groups in total. The van der Waals surface area contributed by atoms with E-state index in [0.717, 1.165) is 12.8 Å². The summed E-state index contributed by atoms with van der Waals surface area (Å²) in [6.07, 6.45) is 1.95. The van der Waals surface area contributed by atoms with Gasteiger partial charge in [0.1, 0.15) is 0 Å².